The summed E-state index contributed by atoms with van der Waals surface area (Å²) in [4.78, 5) is 35.8. The molecule has 0 spiro atoms. The molecule has 1 heterocycles. The first-order valence-corrected chi connectivity index (χ1v) is 8.68. The zero-order valence-corrected chi connectivity index (χ0v) is 15.2. The maximum absolute atomic E-state index is 12.1. The highest BCUT2D eigenvalue weighted by Gasteiger charge is 2.56. The van der Waals surface area contributed by atoms with E-state index in [9.17, 15) is 14.4 Å². The molecule has 4 atom stereocenters. The summed E-state index contributed by atoms with van der Waals surface area (Å²) >= 11 is 0. The lowest BCUT2D eigenvalue weighted by molar-refractivity contribution is -0.179. The smallest absolute Gasteiger partial charge is 0.311 e. The average molecular weight is 340 g/mol. The van der Waals surface area contributed by atoms with Crippen LogP contribution in [-0.2, 0) is 28.6 Å². The summed E-state index contributed by atoms with van der Waals surface area (Å²) in [5, 5.41) is 0. The number of carbonyl (C=O) groups excluding carboxylic acids is 3. The van der Waals surface area contributed by atoms with Crippen LogP contribution in [0.2, 0.25) is 0 Å². The summed E-state index contributed by atoms with van der Waals surface area (Å²) in [5.41, 5.74) is -1.29. The molecule has 1 aliphatic heterocycles. The Morgan fingerprint density at radius 2 is 2.04 bits per heavy atom. The number of esters is 3. The van der Waals surface area contributed by atoms with Crippen molar-refractivity contribution in [1.82, 2.24) is 0 Å². The first-order chi connectivity index (χ1) is 11.1. The van der Waals surface area contributed by atoms with Crippen LogP contribution in [0.3, 0.4) is 0 Å². The van der Waals surface area contributed by atoms with Gasteiger partial charge in [0, 0.05) is 6.42 Å². The summed E-state index contributed by atoms with van der Waals surface area (Å²) in [6, 6.07) is 0. The Morgan fingerprint density at radius 3 is 2.67 bits per heavy atom. The molecule has 1 aliphatic carbocycles. The van der Waals surface area contributed by atoms with Crippen molar-refractivity contribution in [3.05, 3.63) is 0 Å². The van der Waals surface area contributed by atoms with Gasteiger partial charge in [0.25, 0.3) is 0 Å². The summed E-state index contributed by atoms with van der Waals surface area (Å²) in [7, 11) is 0. The second kappa shape index (κ2) is 6.73. The van der Waals surface area contributed by atoms with Crippen LogP contribution >= 0.6 is 0 Å². The minimum Gasteiger partial charge on any atom is -0.465 e. The van der Waals surface area contributed by atoms with E-state index < -0.39 is 23.1 Å². The zero-order valence-electron chi connectivity index (χ0n) is 15.2. The quantitative estimate of drug-likeness (QED) is 0.546. The molecule has 4 unspecified atom stereocenters. The highest BCUT2D eigenvalue weighted by atomic mass is 16.6. The van der Waals surface area contributed by atoms with Crippen LogP contribution < -0.4 is 0 Å². The van der Waals surface area contributed by atoms with Gasteiger partial charge in [-0.3, -0.25) is 14.4 Å². The van der Waals surface area contributed by atoms with Crippen molar-refractivity contribution >= 4 is 17.9 Å². The van der Waals surface area contributed by atoms with Gasteiger partial charge in [-0.25, -0.2) is 0 Å². The fourth-order valence-corrected chi connectivity index (χ4v) is 3.46. The molecular formula is C18H28O6. The molecule has 6 nitrogen and oxygen atoms in total. The van der Waals surface area contributed by atoms with Crippen LogP contribution in [0, 0.1) is 17.3 Å². The van der Waals surface area contributed by atoms with E-state index in [4.69, 9.17) is 14.2 Å². The van der Waals surface area contributed by atoms with Gasteiger partial charge in [0.15, 0.2) is 0 Å². The van der Waals surface area contributed by atoms with Crippen molar-refractivity contribution in [2.45, 2.75) is 72.0 Å². The zero-order chi connectivity index (χ0) is 18.1. The number of hydrogen-bond donors (Lipinski definition) is 0. The van der Waals surface area contributed by atoms with E-state index in [1.165, 1.54) is 0 Å². The maximum atomic E-state index is 12.1. The molecule has 1 saturated heterocycles. The van der Waals surface area contributed by atoms with Crippen LogP contribution in [0.25, 0.3) is 0 Å². The first kappa shape index (κ1) is 18.7. The van der Waals surface area contributed by atoms with Crippen molar-refractivity contribution in [3.63, 3.8) is 0 Å². The second-order valence-electron chi connectivity index (χ2n) is 7.88. The fraction of sp³-hybridized carbons (Fsp3) is 0.833. The number of rotatable bonds is 6. The summed E-state index contributed by atoms with van der Waals surface area (Å²) < 4.78 is 16.2. The molecule has 2 bridgehead atoms. The molecule has 1 saturated carbocycles. The first-order valence-electron chi connectivity index (χ1n) is 8.68. The molecule has 2 aliphatic rings. The normalized spacial score (nSPS) is 32.2. The minimum absolute atomic E-state index is 0.00131. The lowest BCUT2D eigenvalue weighted by Crippen LogP contribution is -2.48. The number of carbonyl (C=O) groups is 3. The van der Waals surface area contributed by atoms with Crippen LogP contribution in [-0.4, -0.2) is 36.2 Å². The maximum Gasteiger partial charge on any atom is 0.311 e. The van der Waals surface area contributed by atoms with E-state index in [2.05, 4.69) is 0 Å². The molecule has 0 aromatic carbocycles. The summed E-state index contributed by atoms with van der Waals surface area (Å²) in [6.07, 6.45) is 1.48. The molecule has 136 valence electrons. The lowest BCUT2D eigenvalue weighted by atomic mass is 9.74. The average Bonchev–Trinajstić information content (AvgIpc) is 2.74. The number of hydrogen-bond acceptors (Lipinski definition) is 6. The van der Waals surface area contributed by atoms with Crippen molar-refractivity contribution in [1.29, 1.82) is 0 Å². The van der Waals surface area contributed by atoms with E-state index in [0.717, 1.165) is 0 Å². The SMILES string of the molecule is CCC(C)(C)C(=O)OCCC(=O)OC1C(C)CC2CC1(C)OC2=O. The fourth-order valence-electron chi connectivity index (χ4n) is 3.46. The lowest BCUT2D eigenvalue weighted by Gasteiger charge is -2.38. The molecule has 2 fully saturated rings. The predicted octanol–water partition coefficient (Wildman–Crippen LogP) is 2.63. The van der Waals surface area contributed by atoms with Gasteiger partial charge >= 0.3 is 17.9 Å². The number of ether oxygens (including phenoxy) is 3. The molecule has 24 heavy (non-hydrogen) atoms. The van der Waals surface area contributed by atoms with Gasteiger partial charge in [0.2, 0.25) is 0 Å². The third-order valence-electron chi connectivity index (χ3n) is 5.33. The third-order valence-corrected chi connectivity index (χ3v) is 5.33. The number of fused-ring (bicyclic) bond motifs is 2. The summed E-state index contributed by atoms with van der Waals surface area (Å²) in [5.74, 6) is -0.971. The Bertz CT molecular complexity index is 526. The Kier molecular flexibility index (Phi) is 5.25. The van der Waals surface area contributed by atoms with Gasteiger partial charge in [-0.1, -0.05) is 13.8 Å². The Labute approximate surface area is 143 Å². The van der Waals surface area contributed by atoms with Gasteiger partial charge in [0.1, 0.15) is 18.3 Å². The second-order valence-corrected chi connectivity index (χ2v) is 7.88. The predicted molar refractivity (Wildman–Crippen MR) is 85.9 cm³/mol. The van der Waals surface area contributed by atoms with Crippen LogP contribution in [0.5, 0.6) is 0 Å². The molecule has 2 rings (SSSR count). The van der Waals surface area contributed by atoms with Gasteiger partial charge in [-0.15, -0.1) is 0 Å². The van der Waals surface area contributed by atoms with Crippen molar-refractivity contribution in [2.75, 3.05) is 6.61 Å². The van der Waals surface area contributed by atoms with Crippen LogP contribution in [0.15, 0.2) is 0 Å². The van der Waals surface area contributed by atoms with Gasteiger partial charge in [-0.05, 0) is 39.5 Å². The molecule has 0 N–H and O–H groups in total. The largest absolute Gasteiger partial charge is 0.465 e. The van der Waals surface area contributed by atoms with Crippen molar-refractivity contribution in [2.24, 2.45) is 17.3 Å². The van der Waals surface area contributed by atoms with E-state index in [1.54, 1.807) is 0 Å². The van der Waals surface area contributed by atoms with E-state index >= 15 is 0 Å². The highest BCUT2D eigenvalue weighted by molar-refractivity contribution is 5.77. The molecule has 6 heteroatoms. The Morgan fingerprint density at radius 1 is 1.38 bits per heavy atom. The topological polar surface area (TPSA) is 78.9 Å². The molecule has 0 aromatic heterocycles. The highest BCUT2D eigenvalue weighted by Crippen LogP contribution is 2.46. The Balaban J connectivity index is 1.84. The molecule has 0 amide bonds. The van der Waals surface area contributed by atoms with Crippen LogP contribution in [0.4, 0.5) is 0 Å². The van der Waals surface area contributed by atoms with Gasteiger partial charge < -0.3 is 14.2 Å². The van der Waals surface area contributed by atoms with E-state index in [-0.39, 0.29) is 36.8 Å². The third kappa shape index (κ3) is 3.73. The summed E-state index contributed by atoms with van der Waals surface area (Å²) in [6.45, 7) is 9.32. The molecule has 0 radical (unpaired) electrons. The van der Waals surface area contributed by atoms with Crippen molar-refractivity contribution < 1.29 is 28.6 Å². The monoisotopic (exact) mass is 340 g/mol. The standard InChI is InChI=1S/C18H28O6/c1-6-17(3,4)16(21)22-8-7-13(19)23-14-11(2)9-12-10-18(14,5)24-15(12)20/h11-12,14H,6-10H2,1-5H3. The molecular weight excluding hydrogens is 312 g/mol. The van der Waals surface area contributed by atoms with Gasteiger partial charge in [0.05, 0.1) is 17.8 Å². The molecule has 0 aromatic rings. The van der Waals surface area contributed by atoms with Crippen LogP contribution in [0.1, 0.15) is 60.3 Å². The minimum atomic E-state index is -0.740. The Hall–Kier alpha value is -1.59. The van der Waals surface area contributed by atoms with E-state index in [0.29, 0.717) is 19.3 Å². The van der Waals surface area contributed by atoms with E-state index in [1.807, 2.05) is 34.6 Å². The van der Waals surface area contributed by atoms with Gasteiger partial charge in [-0.2, -0.15) is 0 Å². The van der Waals surface area contributed by atoms with Crippen molar-refractivity contribution in [3.8, 4) is 0 Å².